The van der Waals surface area contributed by atoms with Crippen molar-refractivity contribution in [3.63, 3.8) is 0 Å². The molecule has 0 bridgehead atoms. The molecule has 118 valence electrons. The number of rotatable bonds is 8. The summed E-state index contributed by atoms with van der Waals surface area (Å²) in [6.07, 6.45) is 2.92. The topological polar surface area (TPSA) is 26.3 Å². The van der Waals surface area contributed by atoms with Gasteiger partial charge in [0.15, 0.2) is 0 Å². The van der Waals surface area contributed by atoms with Crippen LogP contribution in [0, 0.1) is 6.92 Å². The van der Waals surface area contributed by atoms with Gasteiger partial charge in [-0.15, -0.1) is 0 Å². The van der Waals surface area contributed by atoms with Crippen molar-refractivity contribution < 1.29 is 8.95 Å². The van der Waals surface area contributed by atoms with Gasteiger partial charge in [-0.1, -0.05) is 43.3 Å². The van der Waals surface area contributed by atoms with Crippen LogP contribution in [0.3, 0.4) is 0 Å². The molecule has 0 radical (unpaired) electrons. The molecule has 0 spiro atoms. The Morgan fingerprint density at radius 2 is 1.86 bits per heavy atom. The lowest BCUT2D eigenvalue weighted by molar-refractivity contribution is 0.310. The van der Waals surface area contributed by atoms with Gasteiger partial charge in [0.25, 0.3) is 0 Å². The van der Waals surface area contributed by atoms with Crippen molar-refractivity contribution in [2.24, 2.45) is 0 Å². The Morgan fingerprint density at radius 1 is 1.09 bits per heavy atom. The Morgan fingerprint density at radius 3 is 2.59 bits per heavy atom. The van der Waals surface area contributed by atoms with Crippen molar-refractivity contribution in [2.75, 3.05) is 12.4 Å². The highest BCUT2D eigenvalue weighted by Gasteiger charge is 2.08. The maximum absolute atomic E-state index is 12.2. The molecule has 0 saturated heterocycles. The van der Waals surface area contributed by atoms with E-state index in [1.54, 1.807) is 0 Å². The fourth-order valence-corrected chi connectivity index (χ4v) is 3.59. The quantitative estimate of drug-likeness (QED) is 0.669. The van der Waals surface area contributed by atoms with Gasteiger partial charge in [-0.05, 0) is 49.4 Å². The molecular weight excluding hydrogens is 292 g/mol. The minimum Gasteiger partial charge on any atom is -0.494 e. The minimum atomic E-state index is -0.922. The van der Waals surface area contributed by atoms with E-state index in [-0.39, 0.29) is 0 Å². The summed E-state index contributed by atoms with van der Waals surface area (Å²) in [6, 6.07) is 16.3. The molecule has 3 heteroatoms. The third kappa shape index (κ3) is 4.99. The van der Waals surface area contributed by atoms with Crippen molar-refractivity contribution in [1.29, 1.82) is 0 Å². The molecule has 1 unspecified atom stereocenters. The van der Waals surface area contributed by atoms with Crippen LogP contribution in [-0.4, -0.2) is 16.6 Å². The van der Waals surface area contributed by atoms with Crippen molar-refractivity contribution in [1.82, 2.24) is 0 Å². The first kappa shape index (κ1) is 16.8. The highest BCUT2D eigenvalue weighted by atomic mass is 32.2. The smallest absolute Gasteiger partial charge is 0.120 e. The summed E-state index contributed by atoms with van der Waals surface area (Å²) in [5.74, 6) is 1.52. The van der Waals surface area contributed by atoms with Gasteiger partial charge in [0.1, 0.15) is 5.75 Å². The van der Waals surface area contributed by atoms with Gasteiger partial charge in [0.05, 0.1) is 17.4 Å². The van der Waals surface area contributed by atoms with Crippen molar-refractivity contribution >= 4 is 10.8 Å². The van der Waals surface area contributed by atoms with Crippen LogP contribution in [0.5, 0.6) is 5.75 Å². The summed E-state index contributed by atoms with van der Waals surface area (Å²) in [7, 11) is -0.922. The number of ether oxygens (including phenoxy) is 1. The van der Waals surface area contributed by atoms with E-state index < -0.39 is 10.8 Å². The second kappa shape index (κ2) is 8.74. The summed E-state index contributed by atoms with van der Waals surface area (Å²) in [4.78, 5) is 0.905. The molecule has 0 saturated carbocycles. The molecule has 0 aliphatic rings. The third-order valence-corrected chi connectivity index (χ3v) is 5.23. The van der Waals surface area contributed by atoms with E-state index in [2.05, 4.69) is 31.2 Å². The molecule has 0 aliphatic carbocycles. The molecule has 1 atom stereocenters. The Labute approximate surface area is 136 Å². The van der Waals surface area contributed by atoms with Crippen molar-refractivity contribution in [2.45, 2.75) is 38.0 Å². The summed E-state index contributed by atoms with van der Waals surface area (Å²) in [6.45, 7) is 4.73. The first-order valence-electron chi connectivity index (χ1n) is 7.86. The lowest BCUT2D eigenvalue weighted by atomic mass is 10.1. The first-order chi connectivity index (χ1) is 10.7. The second-order valence-corrected chi connectivity index (χ2v) is 6.95. The van der Waals surface area contributed by atoms with E-state index in [9.17, 15) is 4.21 Å². The molecule has 2 aromatic rings. The maximum atomic E-state index is 12.2. The Hall–Kier alpha value is -1.61. The average molecular weight is 316 g/mol. The monoisotopic (exact) mass is 316 g/mol. The highest BCUT2D eigenvalue weighted by Crippen LogP contribution is 2.21. The standard InChI is InChI=1S/C19H24O2S/c1-3-14-22(20)19-15-18(12-11-16(19)2)21-13-7-10-17-8-5-4-6-9-17/h4-6,8-9,11-12,15H,3,7,10,13-14H2,1-2H3. The zero-order valence-electron chi connectivity index (χ0n) is 13.4. The molecule has 0 aromatic heterocycles. The normalized spacial score (nSPS) is 12.1. The maximum Gasteiger partial charge on any atom is 0.120 e. The van der Waals surface area contributed by atoms with Crippen LogP contribution in [0.15, 0.2) is 53.4 Å². The van der Waals surface area contributed by atoms with Gasteiger partial charge in [0, 0.05) is 10.6 Å². The number of hydrogen-bond donors (Lipinski definition) is 0. The van der Waals surface area contributed by atoms with Gasteiger partial charge >= 0.3 is 0 Å². The molecule has 0 aliphatic heterocycles. The highest BCUT2D eigenvalue weighted by molar-refractivity contribution is 7.85. The van der Waals surface area contributed by atoms with Gasteiger partial charge < -0.3 is 4.74 Å². The van der Waals surface area contributed by atoms with Crippen molar-refractivity contribution in [3.05, 3.63) is 59.7 Å². The summed E-state index contributed by atoms with van der Waals surface area (Å²) < 4.78 is 18.0. The molecular formula is C19H24O2S. The van der Waals surface area contributed by atoms with Gasteiger partial charge in [-0.3, -0.25) is 4.21 Å². The van der Waals surface area contributed by atoms with Gasteiger partial charge in [-0.2, -0.15) is 0 Å². The zero-order valence-corrected chi connectivity index (χ0v) is 14.2. The van der Waals surface area contributed by atoms with E-state index in [0.717, 1.165) is 35.5 Å². The van der Waals surface area contributed by atoms with E-state index in [4.69, 9.17) is 4.74 Å². The Bertz CT molecular complexity index is 608. The van der Waals surface area contributed by atoms with Crippen LogP contribution >= 0.6 is 0 Å². The predicted octanol–water partition coefficient (Wildman–Crippen LogP) is 4.52. The number of aryl methyl sites for hydroxylation is 2. The minimum absolute atomic E-state index is 0.678. The molecule has 22 heavy (non-hydrogen) atoms. The second-order valence-electron chi connectivity index (χ2n) is 5.41. The van der Waals surface area contributed by atoms with Crippen LogP contribution in [0.4, 0.5) is 0 Å². The van der Waals surface area contributed by atoms with Crippen LogP contribution < -0.4 is 4.74 Å². The average Bonchev–Trinajstić information content (AvgIpc) is 2.54. The van der Waals surface area contributed by atoms with E-state index in [1.807, 2.05) is 31.2 Å². The predicted molar refractivity (Wildman–Crippen MR) is 93.0 cm³/mol. The number of benzene rings is 2. The van der Waals surface area contributed by atoms with Gasteiger partial charge in [0.2, 0.25) is 0 Å². The van der Waals surface area contributed by atoms with E-state index in [0.29, 0.717) is 12.4 Å². The lowest BCUT2D eigenvalue weighted by Gasteiger charge is -2.10. The molecule has 0 fully saturated rings. The molecule has 0 N–H and O–H groups in total. The number of hydrogen-bond acceptors (Lipinski definition) is 2. The fraction of sp³-hybridized carbons (Fsp3) is 0.368. The largest absolute Gasteiger partial charge is 0.494 e. The summed E-state index contributed by atoms with van der Waals surface area (Å²) in [5, 5.41) is 0. The molecule has 0 heterocycles. The van der Waals surface area contributed by atoms with Crippen molar-refractivity contribution in [3.8, 4) is 5.75 Å². The molecule has 2 rings (SSSR count). The van der Waals surface area contributed by atoms with E-state index >= 15 is 0 Å². The SMILES string of the molecule is CCCS(=O)c1cc(OCCCc2ccccc2)ccc1C. The van der Waals surface area contributed by atoms with Crippen LogP contribution in [0.1, 0.15) is 30.9 Å². The zero-order chi connectivity index (χ0) is 15.8. The van der Waals surface area contributed by atoms with Gasteiger partial charge in [-0.25, -0.2) is 0 Å². The lowest BCUT2D eigenvalue weighted by Crippen LogP contribution is -2.03. The molecule has 2 nitrogen and oxygen atoms in total. The van der Waals surface area contributed by atoms with Crippen LogP contribution in [-0.2, 0) is 17.2 Å². The summed E-state index contributed by atoms with van der Waals surface area (Å²) >= 11 is 0. The first-order valence-corrected chi connectivity index (χ1v) is 9.18. The fourth-order valence-electron chi connectivity index (χ4n) is 2.32. The Kier molecular flexibility index (Phi) is 6.66. The Balaban J connectivity index is 1.87. The van der Waals surface area contributed by atoms with E-state index in [1.165, 1.54) is 5.56 Å². The van der Waals surface area contributed by atoms with Crippen LogP contribution in [0.25, 0.3) is 0 Å². The molecule has 0 amide bonds. The summed E-state index contributed by atoms with van der Waals surface area (Å²) in [5.41, 5.74) is 2.41. The molecule has 2 aromatic carbocycles. The van der Waals surface area contributed by atoms with Crippen LogP contribution in [0.2, 0.25) is 0 Å². The third-order valence-electron chi connectivity index (χ3n) is 3.52.